The Morgan fingerprint density at radius 1 is 1.04 bits per heavy atom. The molecule has 1 amide bonds. The van der Waals surface area contributed by atoms with Gasteiger partial charge in [0.05, 0.1) is 4.90 Å². The fourth-order valence-electron chi connectivity index (χ4n) is 2.68. The molecule has 0 aliphatic heterocycles. The van der Waals surface area contributed by atoms with E-state index >= 15 is 0 Å². The van der Waals surface area contributed by atoms with Crippen LogP contribution in [0.25, 0.3) is 0 Å². The van der Waals surface area contributed by atoms with Gasteiger partial charge in [-0.05, 0) is 63.8 Å². The lowest BCUT2D eigenvalue weighted by Gasteiger charge is -2.19. The number of carbonyl (C=O) groups is 1. The molecule has 0 spiro atoms. The Balaban J connectivity index is 2.92. The predicted octanol–water partition coefficient (Wildman–Crippen LogP) is 2.46. The summed E-state index contributed by atoms with van der Waals surface area (Å²) in [6, 6.07) is 1.99. The van der Waals surface area contributed by atoms with Crippen molar-refractivity contribution in [2.45, 2.75) is 52.9 Å². The molecule has 1 N–H and O–H groups in total. The number of sulfonamides is 1. The van der Waals surface area contributed by atoms with Crippen LogP contribution in [-0.2, 0) is 14.8 Å². The average Bonchev–Trinajstić information content (AvgIpc) is 2.46. The van der Waals surface area contributed by atoms with E-state index in [1.807, 2.05) is 47.6 Å². The third kappa shape index (κ3) is 4.54. The van der Waals surface area contributed by atoms with E-state index in [1.165, 1.54) is 0 Å². The smallest absolute Gasteiger partial charge is 0.241 e. The standard InChI is InChI=1S/C17H28N2O3S/c1-7-19(8-2)16(20)9-10-18-23(21,22)17-14(5)12(3)11-13(4)15(17)6/h11,18H,7-10H2,1-6H3. The first-order valence-corrected chi connectivity index (χ1v) is 9.48. The Bertz CT molecular complexity index is 651. The summed E-state index contributed by atoms with van der Waals surface area (Å²) in [6.07, 6.45) is 0.170. The quantitative estimate of drug-likeness (QED) is 0.829. The average molecular weight is 340 g/mol. The van der Waals surface area contributed by atoms with Crippen molar-refractivity contribution >= 4 is 15.9 Å². The number of nitrogens with zero attached hydrogens (tertiary/aromatic N) is 1. The van der Waals surface area contributed by atoms with Gasteiger partial charge in [-0.1, -0.05) is 6.07 Å². The van der Waals surface area contributed by atoms with E-state index in [2.05, 4.69) is 4.72 Å². The Hall–Kier alpha value is -1.40. The highest BCUT2D eigenvalue weighted by atomic mass is 32.2. The molecule has 23 heavy (non-hydrogen) atoms. The van der Waals surface area contributed by atoms with Gasteiger partial charge in [0.15, 0.2) is 0 Å². The number of carbonyl (C=O) groups excluding carboxylic acids is 1. The van der Waals surface area contributed by atoms with E-state index in [0.717, 1.165) is 22.3 Å². The van der Waals surface area contributed by atoms with Crippen molar-refractivity contribution in [3.63, 3.8) is 0 Å². The molecular weight excluding hydrogens is 312 g/mol. The Morgan fingerprint density at radius 2 is 1.52 bits per heavy atom. The highest BCUT2D eigenvalue weighted by Gasteiger charge is 2.22. The van der Waals surface area contributed by atoms with Crippen molar-refractivity contribution in [2.75, 3.05) is 19.6 Å². The molecule has 0 aromatic heterocycles. The van der Waals surface area contributed by atoms with Gasteiger partial charge in [-0.3, -0.25) is 4.79 Å². The molecule has 0 heterocycles. The molecule has 0 saturated carbocycles. The van der Waals surface area contributed by atoms with Crippen LogP contribution in [0.2, 0.25) is 0 Å². The summed E-state index contributed by atoms with van der Waals surface area (Å²) in [5.74, 6) is -0.0356. The largest absolute Gasteiger partial charge is 0.343 e. The first-order chi connectivity index (χ1) is 10.7. The Kier molecular flexibility index (Phi) is 6.77. The van der Waals surface area contributed by atoms with Gasteiger partial charge >= 0.3 is 0 Å². The van der Waals surface area contributed by atoms with Gasteiger partial charge in [0.25, 0.3) is 0 Å². The van der Waals surface area contributed by atoms with Crippen LogP contribution >= 0.6 is 0 Å². The maximum Gasteiger partial charge on any atom is 0.241 e. The number of hydrogen-bond acceptors (Lipinski definition) is 3. The zero-order valence-electron chi connectivity index (χ0n) is 15.0. The lowest BCUT2D eigenvalue weighted by molar-refractivity contribution is -0.130. The molecule has 0 aliphatic carbocycles. The maximum absolute atomic E-state index is 12.6. The van der Waals surface area contributed by atoms with Gasteiger partial charge in [0, 0.05) is 26.1 Å². The number of benzene rings is 1. The maximum atomic E-state index is 12.6. The van der Waals surface area contributed by atoms with Gasteiger partial charge < -0.3 is 4.90 Å². The van der Waals surface area contributed by atoms with E-state index in [1.54, 1.807) is 4.90 Å². The third-order valence-electron chi connectivity index (χ3n) is 4.31. The normalized spacial score (nSPS) is 11.6. The van der Waals surface area contributed by atoms with Crippen LogP contribution < -0.4 is 4.72 Å². The monoisotopic (exact) mass is 340 g/mol. The van der Waals surface area contributed by atoms with Crippen LogP contribution in [0.4, 0.5) is 0 Å². The summed E-state index contributed by atoms with van der Waals surface area (Å²) in [5, 5.41) is 0. The highest BCUT2D eigenvalue weighted by molar-refractivity contribution is 7.89. The molecule has 0 fully saturated rings. The lowest BCUT2D eigenvalue weighted by Crippen LogP contribution is -2.34. The van der Waals surface area contributed by atoms with Crippen molar-refractivity contribution < 1.29 is 13.2 Å². The SMILES string of the molecule is CCN(CC)C(=O)CCNS(=O)(=O)c1c(C)c(C)cc(C)c1C. The molecule has 1 aromatic rings. The molecule has 0 aliphatic rings. The predicted molar refractivity (Wildman–Crippen MR) is 93.1 cm³/mol. The van der Waals surface area contributed by atoms with Gasteiger partial charge in [0.1, 0.15) is 0 Å². The summed E-state index contributed by atoms with van der Waals surface area (Å²) in [5.41, 5.74) is 3.42. The molecule has 130 valence electrons. The van der Waals surface area contributed by atoms with Crippen LogP contribution in [0.1, 0.15) is 42.5 Å². The summed E-state index contributed by atoms with van der Waals surface area (Å²) in [4.78, 5) is 14.0. The fraction of sp³-hybridized carbons (Fsp3) is 0.588. The minimum Gasteiger partial charge on any atom is -0.343 e. The summed E-state index contributed by atoms with van der Waals surface area (Å²) >= 11 is 0. The van der Waals surface area contributed by atoms with E-state index < -0.39 is 10.0 Å². The van der Waals surface area contributed by atoms with E-state index in [4.69, 9.17) is 0 Å². The number of nitrogens with one attached hydrogen (secondary N) is 1. The molecule has 0 radical (unpaired) electrons. The summed E-state index contributed by atoms with van der Waals surface area (Å²) in [7, 11) is -3.62. The molecule has 0 bridgehead atoms. The third-order valence-corrected chi connectivity index (χ3v) is 6.05. The summed E-state index contributed by atoms with van der Waals surface area (Å²) < 4.78 is 27.8. The van der Waals surface area contributed by atoms with Crippen LogP contribution in [-0.4, -0.2) is 38.9 Å². The molecule has 0 unspecified atom stereocenters. The van der Waals surface area contributed by atoms with Crippen LogP contribution in [0.5, 0.6) is 0 Å². The van der Waals surface area contributed by atoms with Gasteiger partial charge in [-0.2, -0.15) is 0 Å². The first kappa shape index (κ1) is 19.6. The molecule has 1 rings (SSSR count). The minimum absolute atomic E-state index is 0.0356. The highest BCUT2D eigenvalue weighted by Crippen LogP contribution is 2.25. The molecule has 5 nitrogen and oxygen atoms in total. The van der Waals surface area contributed by atoms with Crippen LogP contribution in [0.15, 0.2) is 11.0 Å². The van der Waals surface area contributed by atoms with E-state index in [-0.39, 0.29) is 18.9 Å². The second-order valence-corrected chi connectivity index (χ2v) is 7.51. The second kappa shape index (κ2) is 7.93. The van der Waals surface area contributed by atoms with Crippen molar-refractivity contribution in [2.24, 2.45) is 0 Å². The van der Waals surface area contributed by atoms with E-state index in [9.17, 15) is 13.2 Å². The first-order valence-electron chi connectivity index (χ1n) is 8.00. The topological polar surface area (TPSA) is 66.5 Å². The number of rotatable bonds is 7. The molecule has 1 aromatic carbocycles. The van der Waals surface area contributed by atoms with E-state index in [0.29, 0.717) is 18.0 Å². The fourth-order valence-corrected chi connectivity index (χ4v) is 4.33. The van der Waals surface area contributed by atoms with Gasteiger partial charge in [-0.15, -0.1) is 0 Å². The van der Waals surface area contributed by atoms with Gasteiger partial charge in [0.2, 0.25) is 15.9 Å². The number of amides is 1. The molecule has 0 saturated heterocycles. The lowest BCUT2D eigenvalue weighted by atomic mass is 10.0. The Labute approximate surface area is 140 Å². The van der Waals surface area contributed by atoms with Crippen molar-refractivity contribution in [1.82, 2.24) is 9.62 Å². The van der Waals surface area contributed by atoms with Crippen LogP contribution in [0, 0.1) is 27.7 Å². The van der Waals surface area contributed by atoms with Crippen LogP contribution in [0.3, 0.4) is 0 Å². The van der Waals surface area contributed by atoms with Crippen molar-refractivity contribution in [3.8, 4) is 0 Å². The molecule has 0 atom stereocenters. The zero-order valence-corrected chi connectivity index (χ0v) is 15.8. The number of hydrogen-bond donors (Lipinski definition) is 1. The second-order valence-electron chi connectivity index (χ2n) is 5.80. The van der Waals surface area contributed by atoms with Crippen molar-refractivity contribution in [1.29, 1.82) is 0 Å². The van der Waals surface area contributed by atoms with Gasteiger partial charge in [-0.25, -0.2) is 13.1 Å². The Morgan fingerprint density at radius 3 is 1.96 bits per heavy atom. The molecule has 6 heteroatoms. The minimum atomic E-state index is -3.62. The van der Waals surface area contributed by atoms with Crippen molar-refractivity contribution in [3.05, 3.63) is 28.3 Å². The number of aryl methyl sites for hydroxylation is 2. The molecular formula is C17H28N2O3S. The zero-order chi connectivity index (χ0) is 17.8. The summed E-state index contributed by atoms with van der Waals surface area (Å²) in [6.45, 7) is 12.7.